The van der Waals surface area contributed by atoms with E-state index in [4.69, 9.17) is 10.5 Å². The third-order valence-electron chi connectivity index (χ3n) is 1.94. The van der Waals surface area contributed by atoms with Gasteiger partial charge in [-0.25, -0.2) is 0 Å². The van der Waals surface area contributed by atoms with Crippen LogP contribution in [0.5, 0.6) is 0 Å². The van der Waals surface area contributed by atoms with Crippen LogP contribution in [0.4, 0.5) is 0 Å². The van der Waals surface area contributed by atoms with Gasteiger partial charge in [-0.1, -0.05) is 0 Å². The number of carbonyl (C=O) groups is 1. The minimum absolute atomic E-state index is 0.0748. The molecule has 1 amide bonds. The molecule has 3 N–H and O–H groups in total. The fourth-order valence-corrected chi connectivity index (χ4v) is 1.60. The van der Waals surface area contributed by atoms with Gasteiger partial charge in [0.15, 0.2) is 0 Å². The predicted molar refractivity (Wildman–Crippen MR) is 61.0 cm³/mol. The van der Waals surface area contributed by atoms with Gasteiger partial charge in [0, 0.05) is 43.0 Å². The van der Waals surface area contributed by atoms with E-state index in [2.05, 4.69) is 5.32 Å². The van der Waals surface area contributed by atoms with Crippen LogP contribution < -0.4 is 11.1 Å². The predicted octanol–water partition coefficient (Wildman–Crippen LogP) is -0.765. The number of hydrogen-bond donors (Lipinski definition) is 2. The molecule has 0 heterocycles. The molecule has 0 rings (SSSR count). The third kappa shape index (κ3) is 8.53. The molecule has 0 radical (unpaired) electrons. The molecule has 0 spiro atoms. The van der Waals surface area contributed by atoms with Crippen molar-refractivity contribution < 1.29 is 13.7 Å². The number of hydrogen-bond acceptors (Lipinski definition) is 4. The number of carbonyl (C=O) groups excluding carboxylic acids is 1. The van der Waals surface area contributed by atoms with Crippen LogP contribution >= 0.6 is 0 Å². The highest BCUT2D eigenvalue weighted by molar-refractivity contribution is 7.84. The summed E-state index contributed by atoms with van der Waals surface area (Å²) in [4.78, 5) is 11.3. The molecule has 0 fully saturated rings. The molecular formula is C9H20N2O3S. The van der Waals surface area contributed by atoms with Crippen molar-refractivity contribution in [3.63, 3.8) is 0 Å². The van der Waals surface area contributed by atoms with Crippen LogP contribution in [0.1, 0.15) is 12.8 Å². The van der Waals surface area contributed by atoms with Gasteiger partial charge < -0.3 is 15.8 Å². The molecule has 15 heavy (non-hydrogen) atoms. The van der Waals surface area contributed by atoms with Crippen molar-refractivity contribution in [3.05, 3.63) is 0 Å². The smallest absolute Gasteiger partial charge is 0.222 e. The van der Waals surface area contributed by atoms with Gasteiger partial charge >= 0.3 is 0 Å². The van der Waals surface area contributed by atoms with Gasteiger partial charge in [-0.15, -0.1) is 0 Å². The zero-order chi connectivity index (χ0) is 11.7. The molecule has 2 atom stereocenters. The van der Waals surface area contributed by atoms with E-state index in [-0.39, 0.29) is 18.4 Å². The maximum Gasteiger partial charge on any atom is 0.222 e. The maximum absolute atomic E-state index is 11.3. The van der Waals surface area contributed by atoms with Crippen molar-refractivity contribution in [2.45, 2.75) is 18.9 Å². The van der Waals surface area contributed by atoms with E-state index < -0.39 is 10.8 Å². The largest absolute Gasteiger partial charge is 0.380 e. The van der Waals surface area contributed by atoms with E-state index in [1.165, 1.54) is 7.11 Å². The first-order valence-corrected chi connectivity index (χ1v) is 6.62. The number of ether oxygens (including phenoxy) is 1. The van der Waals surface area contributed by atoms with E-state index in [1.54, 1.807) is 6.26 Å². The second kappa shape index (κ2) is 8.82. The Morgan fingerprint density at radius 2 is 2.27 bits per heavy atom. The standard InChI is InChI=1S/C9H20N2O3S/c1-14-8(7-10)6-9(12)11-4-3-5-15(2)13/h8H,3-7,10H2,1-2H3,(H,11,12). The minimum Gasteiger partial charge on any atom is -0.380 e. The Balaban J connectivity index is 3.52. The summed E-state index contributed by atoms with van der Waals surface area (Å²) in [6.45, 7) is 0.891. The third-order valence-corrected chi connectivity index (χ3v) is 2.80. The summed E-state index contributed by atoms with van der Waals surface area (Å²) >= 11 is 0. The fraction of sp³-hybridized carbons (Fsp3) is 0.889. The van der Waals surface area contributed by atoms with Gasteiger partial charge in [-0.3, -0.25) is 9.00 Å². The molecule has 0 saturated heterocycles. The number of rotatable bonds is 8. The van der Waals surface area contributed by atoms with Crippen molar-refractivity contribution in [1.29, 1.82) is 0 Å². The van der Waals surface area contributed by atoms with Crippen molar-refractivity contribution >= 4 is 16.7 Å². The van der Waals surface area contributed by atoms with Gasteiger partial charge in [0.25, 0.3) is 0 Å². The summed E-state index contributed by atoms with van der Waals surface area (Å²) < 4.78 is 15.7. The molecular weight excluding hydrogens is 216 g/mol. The molecule has 5 nitrogen and oxygen atoms in total. The van der Waals surface area contributed by atoms with Gasteiger partial charge in [-0.05, 0) is 6.42 Å². The summed E-state index contributed by atoms with van der Waals surface area (Å²) in [5.74, 6) is 0.541. The number of nitrogens with two attached hydrogens (primary N) is 1. The SMILES string of the molecule is COC(CN)CC(=O)NCCCS(C)=O. The molecule has 0 aromatic carbocycles. The normalized spacial score (nSPS) is 14.6. The van der Waals surface area contributed by atoms with Gasteiger partial charge in [-0.2, -0.15) is 0 Å². The Labute approximate surface area is 93.2 Å². The number of amides is 1. The molecule has 0 aromatic heterocycles. The lowest BCUT2D eigenvalue weighted by molar-refractivity contribution is -0.123. The molecule has 2 unspecified atom stereocenters. The molecule has 0 aliphatic heterocycles. The summed E-state index contributed by atoms with van der Waals surface area (Å²) in [7, 11) is 0.743. The van der Waals surface area contributed by atoms with E-state index >= 15 is 0 Å². The summed E-state index contributed by atoms with van der Waals surface area (Å²) in [6, 6.07) is 0. The Bertz CT molecular complexity index is 208. The average molecular weight is 236 g/mol. The second-order valence-corrected chi connectivity index (χ2v) is 4.83. The lowest BCUT2D eigenvalue weighted by Crippen LogP contribution is -2.32. The molecule has 0 aromatic rings. The quantitative estimate of drug-likeness (QED) is 0.543. The first kappa shape index (κ1) is 14.5. The Morgan fingerprint density at radius 1 is 1.60 bits per heavy atom. The Morgan fingerprint density at radius 3 is 2.73 bits per heavy atom. The van der Waals surface area contributed by atoms with Crippen molar-refractivity contribution in [2.24, 2.45) is 5.73 Å². The van der Waals surface area contributed by atoms with Gasteiger partial charge in [0.05, 0.1) is 12.5 Å². The lowest BCUT2D eigenvalue weighted by atomic mass is 10.2. The van der Waals surface area contributed by atoms with Crippen LogP contribution in [0.25, 0.3) is 0 Å². The number of nitrogens with one attached hydrogen (secondary N) is 1. The van der Waals surface area contributed by atoms with E-state index in [1.807, 2.05) is 0 Å². The van der Waals surface area contributed by atoms with E-state index in [9.17, 15) is 9.00 Å². The first-order chi connectivity index (χ1) is 7.10. The van der Waals surface area contributed by atoms with Gasteiger partial charge in [0.1, 0.15) is 0 Å². The van der Waals surface area contributed by atoms with E-state index in [0.717, 1.165) is 6.42 Å². The van der Waals surface area contributed by atoms with Crippen molar-refractivity contribution in [2.75, 3.05) is 32.2 Å². The maximum atomic E-state index is 11.3. The molecule has 0 saturated carbocycles. The second-order valence-electron chi connectivity index (χ2n) is 3.28. The topological polar surface area (TPSA) is 81.4 Å². The van der Waals surface area contributed by atoms with Crippen LogP contribution in [0.2, 0.25) is 0 Å². The molecule has 0 aliphatic carbocycles. The highest BCUT2D eigenvalue weighted by Gasteiger charge is 2.10. The molecule has 0 bridgehead atoms. The van der Waals surface area contributed by atoms with Crippen LogP contribution in [0, 0.1) is 0 Å². The van der Waals surface area contributed by atoms with Crippen LogP contribution in [-0.4, -0.2) is 48.4 Å². The van der Waals surface area contributed by atoms with Crippen LogP contribution in [-0.2, 0) is 20.3 Å². The summed E-state index contributed by atoms with van der Waals surface area (Å²) in [5.41, 5.74) is 5.38. The summed E-state index contributed by atoms with van der Waals surface area (Å²) in [5, 5.41) is 2.73. The molecule has 90 valence electrons. The van der Waals surface area contributed by atoms with Crippen molar-refractivity contribution in [1.82, 2.24) is 5.32 Å². The lowest BCUT2D eigenvalue weighted by Gasteiger charge is -2.12. The first-order valence-electron chi connectivity index (χ1n) is 4.89. The zero-order valence-corrected chi connectivity index (χ0v) is 10.1. The highest BCUT2D eigenvalue weighted by Crippen LogP contribution is 1.94. The molecule has 6 heteroatoms. The monoisotopic (exact) mass is 236 g/mol. The van der Waals surface area contributed by atoms with Gasteiger partial charge in [0.2, 0.25) is 5.91 Å². The minimum atomic E-state index is -0.790. The highest BCUT2D eigenvalue weighted by atomic mass is 32.2. The molecule has 0 aliphatic rings. The van der Waals surface area contributed by atoms with E-state index in [0.29, 0.717) is 18.8 Å². The Hall–Kier alpha value is -0.460. The fourth-order valence-electron chi connectivity index (χ4n) is 1.05. The average Bonchev–Trinajstić information content (AvgIpc) is 2.20. The van der Waals surface area contributed by atoms with Crippen molar-refractivity contribution in [3.8, 4) is 0 Å². The summed E-state index contributed by atoms with van der Waals surface area (Å²) in [6.07, 6.45) is 2.44. The van der Waals surface area contributed by atoms with Crippen LogP contribution in [0.3, 0.4) is 0 Å². The van der Waals surface area contributed by atoms with Crippen LogP contribution in [0.15, 0.2) is 0 Å². The number of methoxy groups -OCH3 is 1. The Kier molecular flexibility index (Phi) is 8.55. The zero-order valence-electron chi connectivity index (χ0n) is 9.32.